The Morgan fingerprint density at radius 3 is 2.00 bits per heavy atom. The first kappa shape index (κ1) is 9.91. The van der Waals surface area contributed by atoms with Crippen LogP contribution in [0, 0.1) is 6.42 Å². The van der Waals surface area contributed by atoms with Gasteiger partial charge >= 0.3 is 0 Å². The zero-order valence-electron chi connectivity index (χ0n) is 6.46. The van der Waals surface area contributed by atoms with Gasteiger partial charge in [0.25, 0.3) is 10.1 Å². The fraction of sp³-hybridized carbons (Fsp3) is 0.833. The molecule has 0 rings (SSSR count). The van der Waals surface area contributed by atoms with Crippen molar-refractivity contribution in [3.8, 4) is 0 Å². The lowest BCUT2D eigenvalue weighted by Crippen LogP contribution is -2.30. The van der Waals surface area contributed by atoms with E-state index in [2.05, 4.69) is 0 Å². The van der Waals surface area contributed by atoms with E-state index >= 15 is 0 Å². The third-order valence-electron chi connectivity index (χ3n) is 1.39. The third-order valence-corrected chi connectivity index (χ3v) is 2.96. The van der Waals surface area contributed by atoms with Crippen LogP contribution in [0.1, 0.15) is 27.2 Å². The highest BCUT2D eigenvalue weighted by atomic mass is 32.2. The zero-order chi connectivity index (χ0) is 8.41. The average Bonchev–Trinajstić information content (AvgIpc) is 1.61. The van der Waals surface area contributed by atoms with Crippen molar-refractivity contribution in [2.75, 3.05) is 0 Å². The van der Waals surface area contributed by atoms with E-state index in [1.807, 2.05) is 0 Å². The summed E-state index contributed by atoms with van der Waals surface area (Å²) in [5, 5.41) is 0. The van der Waals surface area contributed by atoms with E-state index in [9.17, 15) is 8.42 Å². The maximum atomic E-state index is 10.6. The van der Waals surface area contributed by atoms with Gasteiger partial charge in [-0.05, 0) is 26.7 Å². The van der Waals surface area contributed by atoms with Crippen molar-refractivity contribution < 1.29 is 13.0 Å². The van der Waals surface area contributed by atoms with Gasteiger partial charge in [-0.15, -0.1) is 0 Å². The molecule has 0 aromatic rings. The van der Waals surface area contributed by atoms with Crippen molar-refractivity contribution in [1.82, 2.24) is 0 Å². The smallest absolute Gasteiger partial charge is 0.270 e. The van der Waals surface area contributed by atoms with E-state index in [0.29, 0.717) is 6.42 Å². The monoisotopic (exact) mass is 165 g/mol. The molecule has 10 heavy (non-hydrogen) atoms. The van der Waals surface area contributed by atoms with Gasteiger partial charge in [-0.3, -0.25) is 4.55 Å². The second-order valence-corrected chi connectivity index (χ2v) is 4.90. The SMILES string of the molecule is C[CH]CC(C)(C)S(=O)(=O)O. The van der Waals surface area contributed by atoms with Gasteiger partial charge in [-0.1, -0.05) is 6.92 Å². The molecule has 0 aliphatic rings. The molecule has 0 atom stereocenters. The minimum Gasteiger partial charge on any atom is -0.285 e. The highest BCUT2D eigenvalue weighted by Gasteiger charge is 2.31. The summed E-state index contributed by atoms with van der Waals surface area (Å²) in [7, 11) is -3.90. The van der Waals surface area contributed by atoms with Gasteiger partial charge in [0.05, 0.1) is 4.75 Å². The molecule has 0 bridgehead atoms. The van der Waals surface area contributed by atoms with E-state index in [4.69, 9.17) is 4.55 Å². The molecular formula is C6H13O3S. The van der Waals surface area contributed by atoms with Gasteiger partial charge in [0.15, 0.2) is 0 Å². The Hall–Kier alpha value is -0.0900. The van der Waals surface area contributed by atoms with Crippen LogP contribution >= 0.6 is 0 Å². The highest BCUT2D eigenvalue weighted by Crippen LogP contribution is 2.19. The normalized spacial score (nSPS) is 13.6. The first-order valence-corrected chi connectivity index (χ1v) is 4.50. The molecule has 1 radical (unpaired) electrons. The average molecular weight is 165 g/mol. The van der Waals surface area contributed by atoms with E-state index in [1.54, 1.807) is 13.3 Å². The van der Waals surface area contributed by atoms with Gasteiger partial charge < -0.3 is 0 Å². The van der Waals surface area contributed by atoms with E-state index in [-0.39, 0.29) is 0 Å². The van der Waals surface area contributed by atoms with Crippen LogP contribution < -0.4 is 0 Å². The lowest BCUT2D eigenvalue weighted by atomic mass is 10.1. The summed E-state index contributed by atoms with van der Waals surface area (Å²) in [5.41, 5.74) is 0. The fourth-order valence-corrected chi connectivity index (χ4v) is 0.974. The quantitative estimate of drug-likeness (QED) is 0.641. The molecule has 0 amide bonds. The van der Waals surface area contributed by atoms with E-state index in [1.165, 1.54) is 13.8 Å². The summed E-state index contributed by atoms with van der Waals surface area (Å²) in [6, 6.07) is 0. The Labute approximate surface area is 62.2 Å². The summed E-state index contributed by atoms with van der Waals surface area (Å²) in [6.45, 7) is 4.73. The van der Waals surface area contributed by atoms with E-state index < -0.39 is 14.9 Å². The summed E-state index contributed by atoms with van der Waals surface area (Å²) in [5.74, 6) is 0. The molecule has 3 nitrogen and oxygen atoms in total. The predicted octanol–water partition coefficient (Wildman–Crippen LogP) is 1.27. The molecule has 1 N–H and O–H groups in total. The van der Waals surface area contributed by atoms with Gasteiger partial charge in [0.2, 0.25) is 0 Å². The van der Waals surface area contributed by atoms with Gasteiger partial charge in [0.1, 0.15) is 0 Å². The Morgan fingerprint density at radius 2 is 1.90 bits per heavy atom. The Bertz CT molecular complexity index is 191. The fourth-order valence-electron chi connectivity index (χ4n) is 0.597. The minimum atomic E-state index is -3.90. The molecule has 61 valence electrons. The molecule has 0 spiro atoms. The van der Waals surface area contributed by atoms with Crippen LogP contribution in [0.3, 0.4) is 0 Å². The van der Waals surface area contributed by atoms with Crippen LogP contribution in [0.5, 0.6) is 0 Å². The molecule has 0 fully saturated rings. The minimum absolute atomic E-state index is 0.367. The van der Waals surface area contributed by atoms with Crippen LogP contribution in [-0.2, 0) is 10.1 Å². The van der Waals surface area contributed by atoms with Gasteiger partial charge in [-0.25, -0.2) is 0 Å². The molecule has 0 unspecified atom stereocenters. The molecule has 0 aliphatic carbocycles. The highest BCUT2D eigenvalue weighted by molar-refractivity contribution is 7.87. The Morgan fingerprint density at radius 1 is 1.50 bits per heavy atom. The lowest BCUT2D eigenvalue weighted by Gasteiger charge is -2.18. The van der Waals surface area contributed by atoms with Crippen LogP contribution in [0.2, 0.25) is 0 Å². The summed E-state index contributed by atoms with van der Waals surface area (Å²) >= 11 is 0. The molecule has 4 heteroatoms. The molecule has 0 aliphatic heterocycles. The lowest BCUT2D eigenvalue weighted by molar-refractivity contribution is 0.439. The zero-order valence-corrected chi connectivity index (χ0v) is 7.27. The summed E-state index contributed by atoms with van der Waals surface area (Å²) in [4.78, 5) is 0. The predicted molar refractivity (Wildman–Crippen MR) is 40.2 cm³/mol. The topological polar surface area (TPSA) is 54.4 Å². The van der Waals surface area contributed by atoms with Crippen molar-refractivity contribution in [3.63, 3.8) is 0 Å². The number of rotatable bonds is 3. The third kappa shape index (κ3) is 2.27. The summed E-state index contributed by atoms with van der Waals surface area (Å²) in [6.07, 6.45) is 2.08. The van der Waals surface area contributed by atoms with Crippen LogP contribution in [0.15, 0.2) is 0 Å². The first-order valence-electron chi connectivity index (χ1n) is 3.06. The van der Waals surface area contributed by atoms with Crippen LogP contribution in [0.4, 0.5) is 0 Å². The van der Waals surface area contributed by atoms with E-state index in [0.717, 1.165) is 0 Å². The van der Waals surface area contributed by atoms with Crippen molar-refractivity contribution in [1.29, 1.82) is 0 Å². The maximum absolute atomic E-state index is 10.6. The molecule has 0 aromatic heterocycles. The Balaban J connectivity index is 4.42. The van der Waals surface area contributed by atoms with Crippen molar-refractivity contribution in [3.05, 3.63) is 6.42 Å². The number of hydrogen-bond donors (Lipinski definition) is 1. The molecular weight excluding hydrogens is 152 g/mol. The van der Waals surface area contributed by atoms with Crippen molar-refractivity contribution >= 4 is 10.1 Å². The van der Waals surface area contributed by atoms with Crippen LogP contribution in [0.25, 0.3) is 0 Å². The van der Waals surface area contributed by atoms with Crippen molar-refractivity contribution in [2.24, 2.45) is 0 Å². The van der Waals surface area contributed by atoms with Crippen LogP contribution in [-0.4, -0.2) is 17.7 Å². The molecule has 0 heterocycles. The first-order chi connectivity index (χ1) is 4.31. The van der Waals surface area contributed by atoms with Gasteiger partial charge in [0, 0.05) is 0 Å². The molecule has 0 saturated carbocycles. The second-order valence-electron chi connectivity index (χ2n) is 2.85. The van der Waals surface area contributed by atoms with Crippen molar-refractivity contribution in [2.45, 2.75) is 31.9 Å². The maximum Gasteiger partial charge on any atom is 0.270 e. The second kappa shape index (κ2) is 2.88. The summed E-state index contributed by atoms with van der Waals surface area (Å²) < 4.78 is 28.7. The molecule has 0 saturated heterocycles. The number of hydrogen-bond acceptors (Lipinski definition) is 2. The molecule has 0 aromatic carbocycles. The van der Waals surface area contributed by atoms with Gasteiger partial charge in [-0.2, -0.15) is 8.42 Å². The largest absolute Gasteiger partial charge is 0.285 e. The standard InChI is InChI=1S/C6H13O3S/c1-4-5-6(2,3)10(7,8)9/h4H,5H2,1-3H3,(H,7,8,9). The Kier molecular flexibility index (Phi) is 2.86.